The Morgan fingerprint density at radius 3 is 2.47 bits per heavy atom. The molecule has 0 fully saturated rings. The van der Waals surface area contributed by atoms with Crippen LogP contribution >= 0.6 is 12.2 Å². The lowest BCUT2D eigenvalue weighted by atomic mass is 10.2. The lowest BCUT2D eigenvalue weighted by Gasteiger charge is -2.07. The topological polar surface area (TPSA) is 92.4 Å². The molecule has 0 heterocycles. The molecular formula is C9H8N2O3S. The molecule has 0 aliphatic heterocycles. The van der Waals surface area contributed by atoms with Gasteiger partial charge in [-0.1, -0.05) is 24.4 Å². The third kappa shape index (κ3) is 2.75. The molecule has 78 valence electrons. The third-order valence-electron chi connectivity index (χ3n) is 1.63. The smallest absolute Gasteiger partial charge is 0.337 e. The minimum Gasteiger partial charge on any atom is -0.478 e. The number of carboxylic acids is 1. The summed E-state index contributed by atoms with van der Waals surface area (Å²) in [4.78, 5) is 21.2. The molecule has 0 radical (unpaired) electrons. The van der Waals surface area contributed by atoms with Crippen LogP contribution in [-0.2, 0) is 4.79 Å². The van der Waals surface area contributed by atoms with E-state index >= 15 is 0 Å². The maximum absolute atomic E-state index is 10.8. The van der Waals surface area contributed by atoms with Crippen LogP contribution in [0.1, 0.15) is 10.4 Å². The summed E-state index contributed by atoms with van der Waals surface area (Å²) in [5.41, 5.74) is 5.19. The fourth-order valence-electron chi connectivity index (χ4n) is 0.963. The van der Waals surface area contributed by atoms with E-state index in [1.165, 1.54) is 12.1 Å². The average Bonchev–Trinajstić information content (AvgIpc) is 2.18. The van der Waals surface area contributed by atoms with Crippen molar-refractivity contribution in [3.63, 3.8) is 0 Å². The van der Waals surface area contributed by atoms with Crippen LogP contribution in [0.15, 0.2) is 24.3 Å². The number of thiocarbonyl (C=S) groups is 1. The molecule has 0 aromatic heterocycles. The number of rotatable bonds is 2. The van der Waals surface area contributed by atoms with Crippen LogP contribution in [0.5, 0.6) is 0 Å². The van der Waals surface area contributed by atoms with Crippen LogP contribution in [-0.4, -0.2) is 22.0 Å². The Morgan fingerprint density at radius 2 is 1.93 bits per heavy atom. The number of para-hydroxylation sites is 1. The average molecular weight is 224 g/mol. The highest BCUT2D eigenvalue weighted by molar-refractivity contribution is 7.82. The monoisotopic (exact) mass is 224 g/mol. The molecule has 6 heteroatoms. The molecule has 0 aliphatic rings. The molecule has 0 bridgehead atoms. The van der Waals surface area contributed by atoms with Gasteiger partial charge >= 0.3 is 5.97 Å². The van der Waals surface area contributed by atoms with Crippen LogP contribution in [0.2, 0.25) is 0 Å². The number of aromatic carboxylic acids is 1. The minimum atomic E-state index is -1.11. The van der Waals surface area contributed by atoms with Gasteiger partial charge in [-0.2, -0.15) is 0 Å². The number of amides is 1. The molecule has 0 saturated heterocycles. The molecule has 0 aliphatic carbocycles. The van der Waals surface area contributed by atoms with Gasteiger partial charge in [0.05, 0.1) is 11.3 Å². The summed E-state index contributed by atoms with van der Waals surface area (Å²) >= 11 is 4.63. The fourth-order valence-corrected chi connectivity index (χ4v) is 1.07. The molecule has 4 N–H and O–H groups in total. The van der Waals surface area contributed by atoms with E-state index in [-0.39, 0.29) is 16.2 Å². The van der Waals surface area contributed by atoms with E-state index in [0.717, 1.165) is 0 Å². The van der Waals surface area contributed by atoms with Crippen LogP contribution < -0.4 is 11.1 Å². The van der Waals surface area contributed by atoms with E-state index in [0.29, 0.717) is 0 Å². The number of primary amides is 1. The van der Waals surface area contributed by atoms with E-state index in [1.807, 2.05) is 0 Å². The highest BCUT2D eigenvalue weighted by atomic mass is 32.1. The molecule has 1 aromatic rings. The lowest BCUT2D eigenvalue weighted by molar-refractivity contribution is -0.111. The maximum atomic E-state index is 10.8. The van der Waals surface area contributed by atoms with Gasteiger partial charge in [0.15, 0.2) is 4.99 Å². The van der Waals surface area contributed by atoms with Crippen LogP contribution in [0.4, 0.5) is 5.69 Å². The van der Waals surface area contributed by atoms with Gasteiger partial charge < -0.3 is 16.2 Å². The SMILES string of the molecule is NC(=O)C(=S)Nc1ccccc1C(=O)O. The van der Waals surface area contributed by atoms with Crippen molar-refractivity contribution in [3.05, 3.63) is 29.8 Å². The molecule has 0 unspecified atom stereocenters. The van der Waals surface area contributed by atoms with Crippen molar-refractivity contribution in [2.24, 2.45) is 5.73 Å². The summed E-state index contributed by atoms with van der Waals surface area (Å²) in [6.07, 6.45) is 0. The van der Waals surface area contributed by atoms with Crippen molar-refractivity contribution in [1.29, 1.82) is 0 Å². The highest BCUT2D eigenvalue weighted by Gasteiger charge is 2.11. The predicted octanol–water partition coefficient (Wildman–Crippen LogP) is 0.609. The Morgan fingerprint density at radius 1 is 1.33 bits per heavy atom. The van der Waals surface area contributed by atoms with Gasteiger partial charge in [0.25, 0.3) is 5.91 Å². The standard InChI is InChI=1S/C9H8N2O3S/c10-7(12)8(15)11-6-4-2-1-3-5(6)9(13)14/h1-4H,(H2,10,12)(H,11,15)(H,13,14). The van der Waals surface area contributed by atoms with Gasteiger partial charge in [-0.3, -0.25) is 4.79 Å². The Balaban J connectivity index is 2.99. The quantitative estimate of drug-likeness (QED) is 0.640. The zero-order valence-electron chi connectivity index (χ0n) is 7.56. The zero-order chi connectivity index (χ0) is 11.4. The Bertz CT molecular complexity index is 431. The molecule has 1 aromatic carbocycles. The number of carbonyl (C=O) groups is 2. The summed E-state index contributed by atoms with van der Waals surface area (Å²) in [7, 11) is 0. The number of benzene rings is 1. The van der Waals surface area contributed by atoms with Crippen molar-refractivity contribution >= 4 is 34.8 Å². The van der Waals surface area contributed by atoms with E-state index < -0.39 is 11.9 Å². The van der Waals surface area contributed by atoms with Gasteiger partial charge in [0.2, 0.25) is 0 Å². The summed E-state index contributed by atoms with van der Waals surface area (Å²) in [6, 6.07) is 6.09. The number of carbonyl (C=O) groups excluding carboxylic acids is 1. The first-order valence-corrected chi connectivity index (χ1v) is 4.36. The summed E-state index contributed by atoms with van der Waals surface area (Å²) in [5.74, 6) is -1.91. The van der Waals surface area contributed by atoms with Crippen molar-refractivity contribution in [1.82, 2.24) is 0 Å². The van der Waals surface area contributed by atoms with Gasteiger partial charge in [0.1, 0.15) is 0 Å². The molecular weight excluding hydrogens is 216 g/mol. The predicted molar refractivity (Wildman–Crippen MR) is 58.8 cm³/mol. The van der Waals surface area contributed by atoms with Gasteiger partial charge in [0, 0.05) is 0 Å². The van der Waals surface area contributed by atoms with Crippen molar-refractivity contribution < 1.29 is 14.7 Å². The van der Waals surface area contributed by atoms with Crippen molar-refractivity contribution in [2.45, 2.75) is 0 Å². The number of nitrogens with two attached hydrogens (primary N) is 1. The first kappa shape index (κ1) is 11.1. The van der Waals surface area contributed by atoms with Crippen LogP contribution in [0.25, 0.3) is 0 Å². The molecule has 0 atom stereocenters. The van der Waals surface area contributed by atoms with E-state index in [2.05, 4.69) is 17.5 Å². The second-order valence-electron chi connectivity index (χ2n) is 2.67. The van der Waals surface area contributed by atoms with Crippen LogP contribution in [0.3, 0.4) is 0 Å². The Kier molecular flexibility index (Phi) is 3.35. The number of anilines is 1. The molecule has 15 heavy (non-hydrogen) atoms. The normalized spacial score (nSPS) is 9.33. The number of carboxylic acid groups (broad SMARTS) is 1. The molecule has 1 amide bonds. The molecule has 0 spiro atoms. The summed E-state index contributed by atoms with van der Waals surface area (Å²) in [6.45, 7) is 0. The Hall–Kier alpha value is -1.95. The van der Waals surface area contributed by atoms with Gasteiger partial charge in [-0.05, 0) is 12.1 Å². The number of hydrogen-bond donors (Lipinski definition) is 3. The van der Waals surface area contributed by atoms with Gasteiger partial charge in [-0.15, -0.1) is 0 Å². The lowest BCUT2D eigenvalue weighted by Crippen LogP contribution is -2.28. The van der Waals surface area contributed by atoms with E-state index in [4.69, 9.17) is 10.8 Å². The number of hydrogen-bond acceptors (Lipinski definition) is 3. The van der Waals surface area contributed by atoms with E-state index in [1.54, 1.807) is 12.1 Å². The van der Waals surface area contributed by atoms with Crippen LogP contribution in [0, 0.1) is 0 Å². The van der Waals surface area contributed by atoms with Gasteiger partial charge in [-0.25, -0.2) is 4.79 Å². The number of nitrogens with one attached hydrogen (secondary N) is 1. The van der Waals surface area contributed by atoms with Crippen molar-refractivity contribution in [3.8, 4) is 0 Å². The summed E-state index contributed by atoms with van der Waals surface area (Å²) < 4.78 is 0. The van der Waals surface area contributed by atoms with E-state index in [9.17, 15) is 9.59 Å². The first-order valence-electron chi connectivity index (χ1n) is 3.95. The molecule has 0 saturated carbocycles. The largest absolute Gasteiger partial charge is 0.478 e. The van der Waals surface area contributed by atoms with Crippen molar-refractivity contribution in [2.75, 3.05) is 5.32 Å². The second-order valence-corrected chi connectivity index (χ2v) is 3.08. The zero-order valence-corrected chi connectivity index (χ0v) is 8.38. The summed E-state index contributed by atoms with van der Waals surface area (Å²) in [5, 5.41) is 11.3. The maximum Gasteiger partial charge on any atom is 0.337 e. The first-order chi connectivity index (χ1) is 7.02. The Labute approximate surface area is 90.9 Å². The molecule has 1 rings (SSSR count). The third-order valence-corrected chi connectivity index (χ3v) is 1.93. The fraction of sp³-hybridized carbons (Fsp3) is 0. The minimum absolute atomic E-state index is 0.0288. The molecule has 5 nitrogen and oxygen atoms in total. The second kappa shape index (κ2) is 4.52. The highest BCUT2D eigenvalue weighted by Crippen LogP contribution is 2.14.